The van der Waals surface area contributed by atoms with Gasteiger partial charge < -0.3 is 14.2 Å². The van der Waals surface area contributed by atoms with E-state index >= 15 is 0 Å². The van der Waals surface area contributed by atoms with Crippen LogP contribution in [0.15, 0.2) is 41.5 Å². The molecule has 0 N–H and O–H groups in total. The maximum absolute atomic E-state index is 11.5. The van der Waals surface area contributed by atoms with E-state index in [4.69, 9.17) is 25.8 Å². The fraction of sp³-hybridized carbons (Fsp3) is 0.444. The minimum Gasteiger partial charge on any atom is -0.356 e. The van der Waals surface area contributed by atoms with Crippen molar-refractivity contribution in [3.05, 3.63) is 63.3 Å². The lowest BCUT2D eigenvalue weighted by Gasteiger charge is -2.22. The highest BCUT2D eigenvalue weighted by Gasteiger charge is 2.13. The maximum atomic E-state index is 11.5. The van der Waals surface area contributed by atoms with Crippen LogP contribution >= 0.6 is 11.6 Å². The first-order valence-corrected chi connectivity index (χ1v) is 8.69. The third kappa shape index (κ3) is 5.64. The van der Waals surface area contributed by atoms with Gasteiger partial charge in [0.2, 0.25) is 0 Å². The van der Waals surface area contributed by atoms with Gasteiger partial charge in [-0.15, -0.1) is 0 Å². The molecule has 0 aliphatic carbocycles. The number of rotatable bonds is 7. The highest BCUT2D eigenvalue weighted by atomic mass is 35.5. The van der Waals surface area contributed by atoms with Crippen molar-refractivity contribution in [3.8, 4) is 0 Å². The number of nitrogens with zero attached hydrogens (tertiary/aromatic N) is 2. The van der Waals surface area contributed by atoms with Crippen LogP contribution in [0.5, 0.6) is 0 Å². The summed E-state index contributed by atoms with van der Waals surface area (Å²) < 4.78 is 18.2. The molecule has 25 heavy (non-hydrogen) atoms. The largest absolute Gasteiger partial charge is 0.356 e. The van der Waals surface area contributed by atoms with Crippen molar-refractivity contribution in [2.24, 2.45) is 0 Å². The first-order valence-electron chi connectivity index (χ1n) is 8.31. The standard InChI is InChI=1S/C18H21ClN2O4/c19-16-9-20-18(22)21(10-16)13-23-11-14-4-6-15(7-5-14)12-25-17-3-1-2-8-24-17/h4-7,9-10,17H,1-3,8,11-13H2. The lowest BCUT2D eigenvalue weighted by molar-refractivity contribution is -0.168. The van der Waals surface area contributed by atoms with E-state index < -0.39 is 0 Å². The summed E-state index contributed by atoms with van der Waals surface area (Å²) in [5.74, 6) is 0. The molecule has 1 saturated heterocycles. The Balaban J connectivity index is 1.44. The Hall–Kier alpha value is -1.73. The average molecular weight is 365 g/mol. The molecule has 1 aromatic carbocycles. The highest BCUT2D eigenvalue weighted by Crippen LogP contribution is 2.16. The van der Waals surface area contributed by atoms with Gasteiger partial charge in [0.15, 0.2) is 6.29 Å². The summed E-state index contributed by atoms with van der Waals surface area (Å²) in [5, 5.41) is 0.398. The molecule has 0 bridgehead atoms. The lowest BCUT2D eigenvalue weighted by atomic mass is 10.1. The predicted octanol–water partition coefficient (Wildman–Crippen LogP) is 3.11. The number of aromatic nitrogens is 2. The van der Waals surface area contributed by atoms with Gasteiger partial charge in [0.25, 0.3) is 0 Å². The van der Waals surface area contributed by atoms with Gasteiger partial charge in [-0.3, -0.25) is 4.57 Å². The minimum absolute atomic E-state index is 0.0821. The Kier molecular flexibility index (Phi) is 6.58. The third-order valence-electron chi connectivity index (χ3n) is 3.92. The maximum Gasteiger partial charge on any atom is 0.349 e. The molecule has 134 valence electrons. The van der Waals surface area contributed by atoms with E-state index in [2.05, 4.69) is 4.98 Å². The van der Waals surface area contributed by atoms with Crippen molar-refractivity contribution in [2.45, 2.75) is 45.5 Å². The van der Waals surface area contributed by atoms with E-state index in [1.54, 1.807) is 0 Å². The van der Waals surface area contributed by atoms with Crippen LogP contribution < -0.4 is 5.69 Å². The molecule has 3 rings (SSSR count). The monoisotopic (exact) mass is 364 g/mol. The lowest BCUT2D eigenvalue weighted by Crippen LogP contribution is -2.23. The van der Waals surface area contributed by atoms with Crippen molar-refractivity contribution in [2.75, 3.05) is 6.61 Å². The van der Waals surface area contributed by atoms with E-state index in [9.17, 15) is 4.79 Å². The molecule has 0 radical (unpaired) electrons. The topological polar surface area (TPSA) is 62.6 Å². The number of ether oxygens (including phenoxy) is 3. The Labute approximate surface area is 151 Å². The smallest absolute Gasteiger partial charge is 0.349 e. The second kappa shape index (κ2) is 9.10. The van der Waals surface area contributed by atoms with Gasteiger partial charge in [-0.25, -0.2) is 4.79 Å². The van der Waals surface area contributed by atoms with Gasteiger partial charge in [0.05, 0.1) is 24.4 Å². The molecule has 6 nitrogen and oxygen atoms in total. The van der Waals surface area contributed by atoms with Crippen LogP contribution in [0.3, 0.4) is 0 Å². The number of benzene rings is 1. The second-order valence-corrected chi connectivity index (χ2v) is 6.36. The number of halogens is 1. The number of hydrogen-bond acceptors (Lipinski definition) is 5. The molecule has 0 spiro atoms. The molecule has 0 amide bonds. The van der Waals surface area contributed by atoms with Crippen LogP contribution in [0.4, 0.5) is 0 Å². The van der Waals surface area contributed by atoms with Gasteiger partial charge in [-0.05, 0) is 30.4 Å². The summed E-state index contributed by atoms with van der Waals surface area (Å²) in [6.45, 7) is 1.82. The van der Waals surface area contributed by atoms with E-state index in [0.717, 1.165) is 37.0 Å². The summed E-state index contributed by atoms with van der Waals surface area (Å²) in [5.41, 5.74) is 1.72. The molecule has 1 aliphatic rings. The fourth-order valence-corrected chi connectivity index (χ4v) is 2.71. The van der Waals surface area contributed by atoms with Crippen molar-refractivity contribution in [1.82, 2.24) is 9.55 Å². The molecule has 2 aromatic rings. The Morgan fingerprint density at radius 2 is 1.96 bits per heavy atom. The van der Waals surface area contributed by atoms with Crippen LogP contribution in [0.2, 0.25) is 5.02 Å². The molecule has 2 heterocycles. The van der Waals surface area contributed by atoms with Gasteiger partial charge in [0.1, 0.15) is 6.73 Å². The van der Waals surface area contributed by atoms with Crippen LogP contribution in [0.25, 0.3) is 0 Å². The third-order valence-corrected chi connectivity index (χ3v) is 4.11. The van der Waals surface area contributed by atoms with E-state index in [1.165, 1.54) is 17.0 Å². The van der Waals surface area contributed by atoms with Crippen LogP contribution in [-0.2, 0) is 34.2 Å². The summed E-state index contributed by atoms with van der Waals surface area (Å²) in [4.78, 5) is 15.2. The van der Waals surface area contributed by atoms with Crippen LogP contribution in [0, 0.1) is 0 Å². The Bertz CT molecular complexity index is 727. The van der Waals surface area contributed by atoms with Gasteiger partial charge >= 0.3 is 5.69 Å². The van der Waals surface area contributed by atoms with Crippen LogP contribution in [-0.4, -0.2) is 22.4 Å². The Morgan fingerprint density at radius 1 is 1.20 bits per heavy atom. The molecule has 1 atom stereocenters. The van der Waals surface area contributed by atoms with Crippen molar-refractivity contribution in [1.29, 1.82) is 0 Å². The first-order chi connectivity index (χ1) is 12.2. The zero-order valence-electron chi connectivity index (χ0n) is 13.9. The SMILES string of the molecule is O=c1ncc(Cl)cn1COCc1ccc(COC2CCCCO2)cc1. The molecule has 1 aromatic heterocycles. The normalized spacial score (nSPS) is 17.6. The van der Waals surface area contributed by atoms with Crippen molar-refractivity contribution in [3.63, 3.8) is 0 Å². The molecule has 0 saturated carbocycles. The van der Waals surface area contributed by atoms with Crippen molar-refractivity contribution < 1.29 is 14.2 Å². The summed E-state index contributed by atoms with van der Waals surface area (Å²) in [6.07, 6.45) is 5.98. The fourth-order valence-electron chi connectivity index (χ4n) is 2.55. The number of hydrogen-bond donors (Lipinski definition) is 0. The molecule has 1 aliphatic heterocycles. The molecule has 7 heteroatoms. The first kappa shape index (κ1) is 18.1. The van der Waals surface area contributed by atoms with E-state index in [1.807, 2.05) is 24.3 Å². The summed E-state index contributed by atoms with van der Waals surface area (Å²) in [6, 6.07) is 7.99. The van der Waals surface area contributed by atoms with E-state index in [-0.39, 0.29) is 18.7 Å². The zero-order valence-corrected chi connectivity index (χ0v) is 14.7. The van der Waals surface area contributed by atoms with Crippen LogP contribution in [0.1, 0.15) is 30.4 Å². The molecule has 1 unspecified atom stereocenters. The van der Waals surface area contributed by atoms with E-state index in [0.29, 0.717) is 18.2 Å². The summed E-state index contributed by atoms with van der Waals surface area (Å²) in [7, 11) is 0. The molecular formula is C18H21ClN2O4. The van der Waals surface area contributed by atoms with Crippen molar-refractivity contribution >= 4 is 11.6 Å². The minimum atomic E-state index is -0.387. The van der Waals surface area contributed by atoms with Gasteiger partial charge in [-0.2, -0.15) is 4.98 Å². The van der Waals surface area contributed by atoms with Gasteiger partial charge in [-0.1, -0.05) is 35.9 Å². The zero-order chi connectivity index (χ0) is 17.5. The van der Waals surface area contributed by atoms with Gasteiger partial charge in [0, 0.05) is 12.8 Å². The highest BCUT2D eigenvalue weighted by molar-refractivity contribution is 6.30. The molecule has 1 fully saturated rings. The Morgan fingerprint density at radius 3 is 2.68 bits per heavy atom. The summed E-state index contributed by atoms with van der Waals surface area (Å²) >= 11 is 5.82. The average Bonchev–Trinajstić information content (AvgIpc) is 2.65. The molecular weight excluding hydrogens is 344 g/mol. The quantitative estimate of drug-likeness (QED) is 0.755. The predicted molar refractivity (Wildman–Crippen MR) is 93.1 cm³/mol. The second-order valence-electron chi connectivity index (χ2n) is 5.93.